The molecule has 0 aromatic carbocycles. The normalized spacial score (nSPS) is 10.8. The molecule has 4 heterocycles. The number of ether oxygens (including phenoxy) is 2. The largest absolute Gasteiger partial charge is 0.383 e. The number of nitrogens with zero attached hydrogens (tertiary/aromatic N) is 6. The lowest BCUT2D eigenvalue weighted by Gasteiger charge is -2.22. The number of carbonyl (C=O) groups is 2. The molecule has 2 N–H and O–H groups in total. The predicted octanol–water partition coefficient (Wildman–Crippen LogP) is 4.22. The van der Waals surface area contributed by atoms with Gasteiger partial charge < -0.3 is 20.1 Å². The lowest BCUT2D eigenvalue weighted by Crippen LogP contribution is -2.30. The molecule has 4 aromatic rings. The molecule has 0 unspecified atom stereocenters. The van der Waals surface area contributed by atoms with Crippen LogP contribution in [0.4, 0.5) is 23.3 Å². The van der Waals surface area contributed by atoms with Gasteiger partial charge in [0, 0.05) is 71.1 Å². The Hall–Kier alpha value is -4.94. The van der Waals surface area contributed by atoms with Crippen molar-refractivity contribution in [3.05, 3.63) is 83.3 Å². The number of amides is 2. The second-order valence-electron chi connectivity index (χ2n) is 10.1. The van der Waals surface area contributed by atoms with Crippen LogP contribution >= 0.6 is 0 Å². The van der Waals surface area contributed by atoms with Crippen molar-refractivity contribution in [2.45, 2.75) is 13.8 Å². The zero-order valence-electron chi connectivity index (χ0n) is 25.9. The first-order chi connectivity index (χ1) is 21.2. The lowest BCUT2D eigenvalue weighted by atomic mass is 10.1. The number of anilines is 4. The average molecular weight is 599 g/mol. The fourth-order valence-corrected chi connectivity index (χ4v) is 4.48. The second-order valence-corrected chi connectivity index (χ2v) is 10.1. The van der Waals surface area contributed by atoms with Crippen molar-refractivity contribution in [1.82, 2.24) is 19.9 Å². The Bertz CT molecular complexity index is 1580. The minimum atomic E-state index is -0.284. The van der Waals surface area contributed by atoms with Crippen LogP contribution in [0, 0.1) is 13.8 Å². The molecule has 12 heteroatoms. The summed E-state index contributed by atoms with van der Waals surface area (Å²) in [6.45, 7) is 6.10. The molecule has 2 amide bonds. The average Bonchev–Trinajstić information content (AvgIpc) is 3.05. The van der Waals surface area contributed by atoms with Crippen molar-refractivity contribution < 1.29 is 19.1 Å². The van der Waals surface area contributed by atoms with Crippen molar-refractivity contribution in [2.75, 3.05) is 75.1 Å². The third-order valence-corrected chi connectivity index (χ3v) is 7.00. The number of methoxy groups -OCH3 is 2. The van der Waals surface area contributed by atoms with Gasteiger partial charge in [0.15, 0.2) is 0 Å². The molecular weight excluding hydrogens is 560 g/mol. The van der Waals surface area contributed by atoms with E-state index in [1.54, 1.807) is 65.0 Å². The van der Waals surface area contributed by atoms with Gasteiger partial charge in [0.1, 0.15) is 23.3 Å². The number of rotatable bonds is 13. The van der Waals surface area contributed by atoms with E-state index < -0.39 is 0 Å². The number of hydrogen-bond donors (Lipinski definition) is 2. The summed E-state index contributed by atoms with van der Waals surface area (Å²) in [6, 6.07) is 12.5. The van der Waals surface area contributed by atoms with Crippen LogP contribution in [0.5, 0.6) is 0 Å². The highest BCUT2D eigenvalue weighted by atomic mass is 16.5. The molecule has 12 nitrogen and oxygen atoms in total. The summed E-state index contributed by atoms with van der Waals surface area (Å²) < 4.78 is 10.3. The summed E-state index contributed by atoms with van der Waals surface area (Å²) in [5.41, 5.74) is 4.11. The van der Waals surface area contributed by atoms with E-state index in [1.165, 1.54) is 16.0 Å². The number of aryl methyl sites for hydroxylation is 1. The highest BCUT2D eigenvalue weighted by molar-refractivity contribution is 6.07. The van der Waals surface area contributed by atoms with Gasteiger partial charge >= 0.3 is 0 Å². The van der Waals surface area contributed by atoms with E-state index in [9.17, 15) is 9.59 Å². The molecule has 0 atom stereocenters. The van der Waals surface area contributed by atoms with E-state index in [0.29, 0.717) is 60.6 Å². The van der Waals surface area contributed by atoms with Crippen LogP contribution in [0.25, 0.3) is 11.3 Å². The first-order valence-electron chi connectivity index (χ1n) is 14.1. The summed E-state index contributed by atoms with van der Waals surface area (Å²) in [7, 11) is 6.59. The van der Waals surface area contributed by atoms with E-state index in [0.717, 1.165) is 22.5 Å². The highest BCUT2D eigenvalue weighted by Crippen LogP contribution is 2.30. The maximum atomic E-state index is 13.6. The van der Waals surface area contributed by atoms with Gasteiger partial charge in [-0.05, 0) is 55.8 Å². The Morgan fingerprint density at radius 3 is 2.20 bits per heavy atom. The SMILES string of the molecule is COCCNc1cc(-c2ccc(C(=O)N(C)c3nc(N(C)C(=O)c4cccnc4)ccc3C)cn2)c(C)c(NCCOC)n1. The lowest BCUT2D eigenvalue weighted by molar-refractivity contribution is 0.0986. The maximum Gasteiger partial charge on any atom is 0.260 e. The van der Waals surface area contributed by atoms with Gasteiger partial charge in [-0.3, -0.25) is 29.4 Å². The quantitative estimate of drug-likeness (QED) is 0.215. The Balaban J connectivity index is 1.57. The first kappa shape index (κ1) is 32.0. The molecule has 0 spiro atoms. The van der Waals surface area contributed by atoms with Crippen LogP contribution in [0.15, 0.2) is 61.1 Å². The Labute approximate surface area is 257 Å². The van der Waals surface area contributed by atoms with E-state index in [4.69, 9.17) is 14.5 Å². The van der Waals surface area contributed by atoms with Gasteiger partial charge in [-0.25, -0.2) is 9.97 Å². The van der Waals surface area contributed by atoms with Crippen molar-refractivity contribution in [1.29, 1.82) is 0 Å². The summed E-state index contributed by atoms with van der Waals surface area (Å²) in [4.78, 5) is 47.4. The molecule has 0 aliphatic rings. The molecule has 0 saturated carbocycles. The molecule has 0 fully saturated rings. The summed E-state index contributed by atoms with van der Waals surface area (Å²) in [6.07, 6.45) is 4.67. The highest BCUT2D eigenvalue weighted by Gasteiger charge is 2.21. The number of pyridine rings is 4. The Morgan fingerprint density at radius 2 is 1.55 bits per heavy atom. The molecule has 4 aromatic heterocycles. The van der Waals surface area contributed by atoms with Gasteiger partial charge in [0.2, 0.25) is 0 Å². The standard InChI is InChI=1S/C32H38N8O4/c1-21-9-12-28(39(3)31(41)23-8-7-13-33-19-23)38-30(21)40(4)32(42)24-10-11-26(36-20-24)25-18-27(34-14-16-43-5)37-29(22(25)2)35-15-17-44-6/h7-13,18-20H,14-17H2,1-6H3,(H2,34,35,37). The van der Waals surface area contributed by atoms with Crippen LogP contribution < -0.4 is 20.4 Å². The third kappa shape index (κ3) is 7.52. The molecular formula is C32H38N8O4. The van der Waals surface area contributed by atoms with E-state index >= 15 is 0 Å². The van der Waals surface area contributed by atoms with Crippen LogP contribution in [-0.4, -0.2) is 86.4 Å². The molecule has 44 heavy (non-hydrogen) atoms. The topological polar surface area (TPSA) is 135 Å². The predicted molar refractivity (Wildman–Crippen MR) is 172 cm³/mol. The minimum absolute atomic E-state index is 0.255. The van der Waals surface area contributed by atoms with Crippen LogP contribution in [0.1, 0.15) is 31.8 Å². The summed E-state index contributed by atoms with van der Waals surface area (Å²) in [5, 5.41) is 6.60. The van der Waals surface area contributed by atoms with Gasteiger partial charge in [0.05, 0.1) is 30.0 Å². The molecule has 0 saturated heterocycles. The fraction of sp³-hybridized carbons (Fsp3) is 0.312. The maximum absolute atomic E-state index is 13.6. The molecule has 0 bridgehead atoms. The first-order valence-corrected chi connectivity index (χ1v) is 14.1. The zero-order valence-corrected chi connectivity index (χ0v) is 25.9. The molecule has 0 aliphatic carbocycles. The monoisotopic (exact) mass is 598 g/mol. The smallest absolute Gasteiger partial charge is 0.260 e. The Kier molecular flexibility index (Phi) is 10.9. The number of hydrogen-bond acceptors (Lipinski definition) is 10. The number of aromatic nitrogens is 4. The van der Waals surface area contributed by atoms with Crippen molar-refractivity contribution >= 4 is 35.1 Å². The minimum Gasteiger partial charge on any atom is -0.383 e. The fourth-order valence-electron chi connectivity index (χ4n) is 4.48. The zero-order chi connectivity index (χ0) is 31.6. The van der Waals surface area contributed by atoms with Crippen LogP contribution in [0.2, 0.25) is 0 Å². The summed E-state index contributed by atoms with van der Waals surface area (Å²) >= 11 is 0. The second kappa shape index (κ2) is 15.0. The number of nitrogens with one attached hydrogen (secondary N) is 2. The third-order valence-electron chi connectivity index (χ3n) is 7.00. The van der Waals surface area contributed by atoms with Gasteiger partial charge in [0.25, 0.3) is 11.8 Å². The summed E-state index contributed by atoms with van der Waals surface area (Å²) in [5.74, 6) is 1.70. The van der Waals surface area contributed by atoms with E-state index in [2.05, 4.69) is 25.6 Å². The molecule has 0 aliphatic heterocycles. The van der Waals surface area contributed by atoms with E-state index in [1.807, 2.05) is 32.0 Å². The van der Waals surface area contributed by atoms with Crippen molar-refractivity contribution in [2.24, 2.45) is 0 Å². The van der Waals surface area contributed by atoms with Crippen molar-refractivity contribution in [3.8, 4) is 11.3 Å². The van der Waals surface area contributed by atoms with Gasteiger partial charge in [-0.2, -0.15) is 0 Å². The van der Waals surface area contributed by atoms with E-state index in [-0.39, 0.29) is 11.8 Å². The van der Waals surface area contributed by atoms with Gasteiger partial charge in [-0.15, -0.1) is 0 Å². The Morgan fingerprint density at radius 1 is 0.841 bits per heavy atom. The van der Waals surface area contributed by atoms with Crippen molar-refractivity contribution in [3.63, 3.8) is 0 Å². The van der Waals surface area contributed by atoms with Crippen LogP contribution in [0.3, 0.4) is 0 Å². The molecule has 4 rings (SSSR count). The number of carbonyl (C=O) groups excluding carboxylic acids is 2. The van der Waals surface area contributed by atoms with Crippen LogP contribution in [-0.2, 0) is 9.47 Å². The molecule has 230 valence electrons. The molecule has 0 radical (unpaired) electrons. The van der Waals surface area contributed by atoms with Gasteiger partial charge in [-0.1, -0.05) is 6.07 Å².